The van der Waals surface area contributed by atoms with Gasteiger partial charge in [-0.05, 0) is 5.56 Å². The van der Waals surface area contributed by atoms with Gasteiger partial charge in [0.15, 0.2) is 0 Å². The molecule has 2 N–H and O–H groups in total. The maximum absolute atomic E-state index is 11.3. The Balaban J connectivity index is 2.26. The Kier molecular flexibility index (Phi) is 2.21. The lowest BCUT2D eigenvalue weighted by Crippen LogP contribution is -2.22. The minimum absolute atomic E-state index is 0.376. The number of aldehydes is 1. The summed E-state index contributed by atoms with van der Waals surface area (Å²) in [6.45, 7) is 0. The molecule has 5 heteroatoms. The molecular weight excluding hydrogens is 196 g/mol. The Bertz CT molecular complexity index is 425. The summed E-state index contributed by atoms with van der Waals surface area (Å²) in [7, 11) is 0. The molecule has 76 valence electrons. The third-order valence-corrected chi connectivity index (χ3v) is 2.18. The van der Waals surface area contributed by atoms with Gasteiger partial charge < -0.3 is 5.32 Å². The molecule has 0 saturated carbocycles. The summed E-state index contributed by atoms with van der Waals surface area (Å²) in [5.41, 5.74) is 1.19. The molecule has 1 fully saturated rings. The second-order valence-corrected chi connectivity index (χ2v) is 3.18. The van der Waals surface area contributed by atoms with E-state index in [2.05, 4.69) is 10.6 Å². The molecule has 2 rings (SSSR count). The van der Waals surface area contributed by atoms with Gasteiger partial charge in [-0.15, -0.1) is 0 Å². The molecule has 0 spiro atoms. The van der Waals surface area contributed by atoms with Gasteiger partial charge in [-0.1, -0.05) is 24.3 Å². The highest BCUT2D eigenvalue weighted by atomic mass is 16.2. The van der Waals surface area contributed by atoms with Crippen molar-refractivity contribution in [2.24, 2.45) is 0 Å². The number of imide groups is 1. The van der Waals surface area contributed by atoms with Crippen LogP contribution >= 0.6 is 0 Å². The Labute approximate surface area is 85.5 Å². The molecule has 1 unspecified atom stereocenters. The maximum atomic E-state index is 11.3. The van der Waals surface area contributed by atoms with E-state index in [1.165, 1.54) is 0 Å². The molecule has 1 saturated heterocycles. The molecule has 0 bridgehead atoms. The molecule has 1 atom stereocenters. The molecule has 0 radical (unpaired) electrons. The van der Waals surface area contributed by atoms with Crippen molar-refractivity contribution in [1.82, 2.24) is 10.6 Å². The standard InChI is InChI=1S/C10H8N2O3/c13-5-6-1-3-7(4-2-6)8-9(14)12-10(15)11-8/h1-5,8H,(H2,11,12,14,15). The van der Waals surface area contributed by atoms with Gasteiger partial charge in [-0.25, -0.2) is 4.79 Å². The smallest absolute Gasteiger partial charge is 0.322 e. The molecule has 1 heterocycles. The van der Waals surface area contributed by atoms with Gasteiger partial charge >= 0.3 is 6.03 Å². The largest absolute Gasteiger partial charge is 0.322 e. The van der Waals surface area contributed by atoms with Crippen LogP contribution in [0, 0.1) is 0 Å². The number of hydrogen-bond donors (Lipinski definition) is 2. The van der Waals surface area contributed by atoms with E-state index in [9.17, 15) is 14.4 Å². The lowest BCUT2D eigenvalue weighted by Gasteiger charge is -2.06. The molecule has 1 aliphatic rings. The van der Waals surface area contributed by atoms with Crippen LogP contribution in [-0.2, 0) is 4.79 Å². The van der Waals surface area contributed by atoms with Gasteiger partial charge in [0.05, 0.1) is 0 Å². The number of carbonyl (C=O) groups is 3. The fourth-order valence-electron chi connectivity index (χ4n) is 1.42. The van der Waals surface area contributed by atoms with Crippen LogP contribution in [0.2, 0.25) is 0 Å². The highest BCUT2D eigenvalue weighted by Crippen LogP contribution is 2.16. The Morgan fingerprint density at radius 1 is 1.13 bits per heavy atom. The topological polar surface area (TPSA) is 75.3 Å². The summed E-state index contributed by atoms with van der Waals surface area (Å²) in [6, 6.07) is 5.32. The van der Waals surface area contributed by atoms with Crippen LogP contribution in [-0.4, -0.2) is 18.2 Å². The number of amides is 3. The van der Waals surface area contributed by atoms with Crippen molar-refractivity contribution in [3.8, 4) is 0 Å². The minimum Gasteiger partial charge on any atom is -0.322 e. The average molecular weight is 204 g/mol. The predicted octanol–water partition coefficient (Wildman–Crippen LogP) is 0.380. The zero-order chi connectivity index (χ0) is 10.8. The van der Waals surface area contributed by atoms with E-state index in [-0.39, 0.29) is 5.91 Å². The molecule has 0 aliphatic carbocycles. The number of rotatable bonds is 2. The van der Waals surface area contributed by atoms with Gasteiger partial charge in [0.1, 0.15) is 12.3 Å². The van der Waals surface area contributed by atoms with E-state index in [1.807, 2.05) is 0 Å². The first-order valence-electron chi connectivity index (χ1n) is 4.37. The summed E-state index contributed by atoms with van der Waals surface area (Å²) in [5.74, 6) is -0.376. The maximum Gasteiger partial charge on any atom is 0.322 e. The molecule has 1 aromatic rings. The summed E-state index contributed by atoms with van der Waals surface area (Å²) < 4.78 is 0. The van der Waals surface area contributed by atoms with Crippen molar-refractivity contribution in [3.63, 3.8) is 0 Å². The number of urea groups is 1. The second kappa shape index (κ2) is 3.53. The SMILES string of the molecule is O=Cc1ccc(C2NC(=O)NC2=O)cc1. The number of benzene rings is 1. The fraction of sp³-hybridized carbons (Fsp3) is 0.100. The van der Waals surface area contributed by atoms with Gasteiger partial charge in [-0.2, -0.15) is 0 Å². The lowest BCUT2D eigenvalue weighted by atomic mass is 10.1. The van der Waals surface area contributed by atoms with E-state index in [0.717, 1.165) is 6.29 Å². The van der Waals surface area contributed by atoms with Crippen molar-refractivity contribution < 1.29 is 14.4 Å². The zero-order valence-corrected chi connectivity index (χ0v) is 7.69. The van der Waals surface area contributed by atoms with Crippen LogP contribution in [0.15, 0.2) is 24.3 Å². The van der Waals surface area contributed by atoms with E-state index >= 15 is 0 Å². The number of hydrogen-bond acceptors (Lipinski definition) is 3. The van der Waals surface area contributed by atoms with E-state index < -0.39 is 12.1 Å². The van der Waals surface area contributed by atoms with Gasteiger partial charge in [0.2, 0.25) is 0 Å². The zero-order valence-electron chi connectivity index (χ0n) is 7.69. The normalized spacial score (nSPS) is 19.6. The Morgan fingerprint density at radius 3 is 2.27 bits per heavy atom. The van der Waals surface area contributed by atoms with Crippen LogP contribution in [0.4, 0.5) is 4.79 Å². The highest BCUT2D eigenvalue weighted by Gasteiger charge is 2.30. The van der Waals surface area contributed by atoms with E-state index in [1.54, 1.807) is 24.3 Å². The summed E-state index contributed by atoms with van der Waals surface area (Å²) in [4.78, 5) is 32.5. The third-order valence-electron chi connectivity index (χ3n) is 2.18. The van der Waals surface area contributed by atoms with Crippen molar-refractivity contribution in [1.29, 1.82) is 0 Å². The number of nitrogens with one attached hydrogen (secondary N) is 2. The van der Waals surface area contributed by atoms with Gasteiger partial charge in [0.25, 0.3) is 5.91 Å². The van der Waals surface area contributed by atoms with Crippen molar-refractivity contribution >= 4 is 18.2 Å². The molecule has 1 aromatic carbocycles. The first kappa shape index (κ1) is 9.39. The van der Waals surface area contributed by atoms with Gasteiger partial charge in [-0.3, -0.25) is 14.9 Å². The van der Waals surface area contributed by atoms with Crippen LogP contribution in [0.25, 0.3) is 0 Å². The minimum atomic E-state index is -0.654. The average Bonchev–Trinajstić information content (AvgIpc) is 2.58. The van der Waals surface area contributed by atoms with Crippen LogP contribution in [0.1, 0.15) is 22.0 Å². The first-order chi connectivity index (χ1) is 7.20. The summed E-state index contributed by atoms with van der Waals surface area (Å²) in [5, 5.41) is 4.60. The number of carbonyl (C=O) groups excluding carboxylic acids is 3. The molecule has 5 nitrogen and oxygen atoms in total. The highest BCUT2D eigenvalue weighted by molar-refractivity contribution is 6.04. The van der Waals surface area contributed by atoms with E-state index in [4.69, 9.17) is 0 Å². The van der Waals surface area contributed by atoms with E-state index in [0.29, 0.717) is 11.1 Å². The lowest BCUT2D eigenvalue weighted by molar-refractivity contribution is -0.120. The second-order valence-electron chi connectivity index (χ2n) is 3.18. The Morgan fingerprint density at radius 2 is 1.80 bits per heavy atom. The van der Waals surface area contributed by atoms with Crippen molar-refractivity contribution in [3.05, 3.63) is 35.4 Å². The molecular formula is C10H8N2O3. The fourth-order valence-corrected chi connectivity index (χ4v) is 1.42. The Hall–Kier alpha value is -2.17. The molecule has 3 amide bonds. The molecule has 0 aromatic heterocycles. The van der Waals surface area contributed by atoms with Crippen molar-refractivity contribution in [2.45, 2.75) is 6.04 Å². The third kappa shape index (κ3) is 1.71. The quantitative estimate of drug-likeness (QED) is 0.540. The predicted molar refractivity (Wildman–Crippen MR) is 51.2 cm³/mol. The summed E-state index contributed by atoms with van der Waals surface area (Å²) >= 11 is 0. The van der Waals surface area contributed by atoms with Crippen LogP contribution in [0.5, 0.6) is 0 Å². The van der Waals surface area contributed by atoms with Crippen LogP contribution in [0.3, 0.4) is 0 Å². The van der Waals surface area contributed by atoms with Crippen molar-refractivity contribution in [2.75, 3.05) is 0 Å². The first-order valence-corrected chi connectivity index (χ1v) is 4.37. The van der Waals surface area contributed by atoms with Gasteiger partial charge in [0, 0.05) is 5.56 Å². The monoisotopic (exact) mass is 204 g/mol. The summed E-state index contributed by atoms with van der Waals surface area (Å²) in [6.07, 6.45) is 0.719. The van der Waals surface area contributed by atoms with Crippen LogP contribution < -0.4 is 10.6 Å². The molecule has 1 aliphatic heterocycles. The molecule has 15 heavy (non-hydrogen) atoms.